The number of thiophene rings is 1. The molecule has 1 N–H and O–H groups in total. The Morgan fingerprint density at radius 1 is 1.30 bits per heavy atom. The van der Waals surface area contributed by atoms with Crippen LogP contribution in [0.2, 0.25) is 0 Å². The number of aromatic nitrogens is 2. The van der Waals surface area contributed by atoms with E-state index in [4.69, 9.17) is 14.1 Å². The summed E-state index contributed by atoms with van der Waals surface area (Å²) < 4.78 is 11.0. The molecule has 0 radical (unpaired) electrons. The fourth-order valence-electron chi connectivity index (χ4n) is 4.22. The molecule has 1 atom stereocenters. The van der Waals surface area contributed by atoms with Gasteiger partial charge in [-0.25, -0.2) is 4.98 Å². The van der Waals surface area contributed by atoms with Gasteiger partial charge in [-0.2, -0.15) is 0 Å². The molecule has 6 nitrogen and oxygen atoms in total. The summed E-state index contributed by atoms with van der Waals surface area (Å²) in [5, 5.41) is 2.54. The summed E-state index contributed by atoms with van der Waals surface area (Å²) in [4.78, 5) is 23.7. The number of nitrogens with zero attached hydrogens (tertiary/aromatic N) is 2. The van der Waals surface area contributed by atoms with E-state index in [0.29, 0.717) is 36.2 Å². The van der Waals surface area contributed by atoms with E-state index in [-0.39, 0.29) is 5.56 Å². The quantitative estimate of drug-likeness (QED) is 0.475. The van der Waals surface area contributed by atoms with Gasteiger partial charge in [0.1, 0.15) is 22.2 Å². The molecule has 1 aliphatic heterocycles. The molecule has 3 aromatic heterocycles. The maximum absolute atomic E-state index is 12.8. The van der Waals surface area contributed by atoms with E-state index in [0.717, 1.165) is 35.5 Å². The van der Waals surface area contributed by atoms with E-state index in [1.165, 1.54) is 16.9 Å². The molecule has 7 heteroatoms. The van der Waals surface area contributed by atoms with Crippen LogP contribution < -0.4 is 10.3 Å². The number of ether oxygens (including phenoxy) is 1. The van der Waals surface area contributed by atoms with Gasteiger partial charge in [0.05, 0.1) is 24.8 Å². The highest BCUT2D eigenvalue weighted by atomic mass is 32.1. The van der Waals surface area contributed by atoms with Crippen molar-refractivity contribution in [1.29, 1.82) is 0 Å². The second kappa shape index (κ2) is 8.08. The second-order valence-corrected chi connectivity index (χ2v) is 8.31. The van der Waals surface area contributed by atoms with Gasteiger partial charge >= 0.3 is 0 Å². The molecule has 154 valence electrons. The monoisotopic (exact) mass is 421 g/mol. The van der Waals surface area contributed by atoms with Crippen molar-refractivity contribution < 1.29 is 9.15 Å². The Labute approximate surface area is 178 Å². The lowest BCUT2D eigenvalue weighted by atomic mass is 10.0. The largest absolute Gasteiger partial charge is 0.494 e. The number of likely N-dealkylation sites (tertiary alicyclic amines) is 1. The lowest BCUT2D eigenvalue weighted by Gasteiger charge is -2.24. The van der Waals surface area contributed by atoms with Gasteiger partial charge in [-0.1, -0.05) is 12.1 Å². The SMILES string of the molecule is CCOc1ccc(C2CCCN2Cc2nc3scc(-c4ccco4)c3c(=O)[nH]2)cc1. The number of fused-ring (bicyclic) bond motifs is 1. The Hall–Kier alpha value is -2.90. The number of aromatic amines is 1. The Bertz CT molecular complexity index is 1190. The first-order chi connectivity index (χ1) is 14.7. The van der Waals surface area contributed by atoms with E-state index in [9.17, 15) is 4.79 Å². The summed E-state index contributed by atoms with van der Waals surface area (Å²) in [6.07, 6.45) is 3.84. The molecule has 1 aromatic carbocycles. The third-order valence-electron chi connectivity index (χ3n) is 5.57. The van der Waals surface area contributed by atoms with Gasteiger partial charge in [0.2, 0.25) is 0 Å². The van der Waals surface area contributed by atoms with E-state index in [1.807, 2.05) is 36.6 Å². The average Bonchev–Trinajstić information content (AvgIpc) is 3.49. The lowest BCUT2D eigenvalue weighted by molar-refractivity contribution is 0.242. The Morgan fingerprint density at radius 3 is 2.93 bits per heavy atom. The standard InChI is InChI=1S/C23H23N3O3S/c1-2-28-16-9-7-15(8-10-16)18-5-3-11-26(18)13-20-24-22(27)21-17(14-30-23(21)25-20)19-6-4-12-29-19/h4,6-10,12,14,18H,2-3,5,11,13H2,1H3,(H,24,25,27). The number of rotatable bonds is 6. The topological polar surface area (TPSA) is 71.4 Å². The smallest absolute Gasteiger partial charge is 0.260 e. The molecule has 1 aliphatic rings. The maximum Gasteiger partial charge on any atom is 0.260 e. The molecular formula is C23H23N3O3S. The fraction of sp³-hybridized carbons (Fsp3) is 0.304. The van der Waals surface area contributed by atoms with Crippen LogP contribution in [0.15, 0.2) is 57.3 Å². The number of hydrogen-bond acceptors (Lipinski definition) is 6. The summed E-state index contributed by atoms with van der Waals surface area (Å²) in [6, 6.07) is 12.4. The summed E-state index contributed by atoms with van der Waals surface area (Å²) in [6.45, 7) is 4.27. The van der Waals surface area contributed by atoms with Crippen molar-refractivity contribution in [2.24, 2.45) is 0 Å². The van der Waals surface area contributed by atoms with Crippen LogP contribution in [0, 0.1) is 0 Å². The highest BCUT2D eigenvalue weighted by molar-refractivity contribution is 7.17. The Morgan fingerprint density at radius 2 is 2.17 bits per heavy atom. The molecule has 0 saturated carbocycles. The summed E-state index contributed by atoms with van der Waals surface area (Å²) in [7, 11) is 0. The zero-order chi connectivity index (χ0) is 20.5. The molecule has 30 heavy (non-hydrogen) atoms. The maximum atomic E-state index is 12.8. The molecule has 4 heterocycles. The normalized spacial score (nSPS) is 17.0. The van der Waals surface area contributed by atoms with Crippen molar-refractivity contribution in [2.45, 2.75) is 32.4 Å². The van der Waals surface area contributed by atoms with Crippen LogP contribution in [-0.2, 0) is 6.54 Å². The van der Waals surface area contributed by atoms with Gasteiger partial charge in [0, 0.05) is 17.0 Å². The molecule has 1 fully saturated rings. The molecule has 0 bridgehead atoms. The van der Waals surface area contributed by atoms with E-state index in [2.05, 4.69) is 22.0 Å². The minimum absolute atomic E-state index is 0.112. The summed E-state index contributed by atoms with van der Waals surface area (Å²) in [5.74, 6) is 2.29. The van der Waals surface area contributed by atoms with Crippen LogP contribution in [0.1, 0.15) is 37.2 Å². The first-order valence-electron chi connectivity index (χ1n) is 10.2. The molecule has 1 unspecified atom stereocenters. The van der Waals surface area contributed by atoms with Crippen molar-refractivity contribution in [1.82, 2.24) is 14.9 Å². The van der Waals surface area contributed by atoms with Gasteiger partial charge in [-0.15, -0.1) is 11.3 Å². The van der Waals surface area contributed by atoms with Crippen LogP contribution in [0.4, 0.5) is 0 Å². The minimum Gasteiger partial charge on any atom is -0.494 e. The molecule has 4 aromatic rings. The van der Waals surface area contributed by atoms with E-state index < -0.39 is 0 Å². The summed E-state index contributed by atoms with van der Waals surface area (Å²) in [5.41, 5.74) is 1.96. The number of benzene rings is 1. The third-order valence-corrected chi connectivity index (χ3v) is 6.44. The lowest BCUT2D eigenvalue weighted by Crippen LogP contribution is -2.25. The molecule has 1 saturated heterocycles. The number of nitrogens with one attached hydrogen (secondary N) is 1. The average molecular weight is 422 g/mol. The highest BCUT2D eigenvalue weighted by Gasteiger charge is 2.27. The van der Waals surface area contributed by atoms with Crippen molar-refractivity contribution in [3.63, 3.8) is 0 Å². The van der Waals surface area contributed by atoms with Crippen molar-refractivity contribution >= 4 is 21.6 Å². The van der Waals surface area contributed by atoms with Crippen LogP contribution in [0.3, 0.4) is 0 Å². The molecule has 0 amide bonds. The Kier molecular flexibility index (Phi) is 5.14. The van der Waals surface area contributed by atoms with Crippen molar-refractivity contribution in [3.05, 3.63) is 69.8 Å². The zero-order valence-electron chi connectivity index (χ0n) is 16.8. The minimum atomic E-state index is -0.112. The van der Waals surface area contributed by atoms with Crippen molar-refractivity contribution in [2.75, 3.05) is 13.2 Å². The first-order valence-corrected chi connectivity index (χ1v) is 11.1. The number of furan rings is 1. The number of H-pyrrole nitrogens is 1. The second-order valence-electron chi connectivity index (χ2n) is 7.45. The van der Waals surface area contributed by atoms with E-state index in [1.54, 1.807) is 6.26 Å². The van der Waals surface area contributed by atoms with E-state index >= 15 is 0 Å². The third kappa shape index (κ3) is 3.55. The van der Waals surface area contributed by atoms with Gasteiger partial charge < -0.3 is 14.1 Å². The zero-order valence-corrected chi connectivity index (χ0v) is 17.6. The van der Waals surface area contributed by atoms with Gasteiger partial charge in [-0.05, 0) is 56.1 Å². The predicted octanol–water partition coefficient (Wildman–Crippen LogP) is 4.98. The number of hydrogen-bond donors (Lipinski definition) is 1. The molecular weight excluding hydrogens is 398 g/mol. The van der Waals surface area contributed by atoms with Gasteiger partial charge in [0.25, 0.3) is 5.56 Å². The molecule has 5 rings (SSSR count). The highest BCUT2D eigenvalue weighted by Crippen LogP contribution is 2.34. The summed E-state index contributed by atoms with van der Waals surface area (Å²) >= 11 is 1.48. The van der Waals surface area contributed by atoms with Crippen LogP contribution >= 0.6 is 11.3 Å². The molecule has 0 aliphatic carbocycles. The first kappa shape index (κ1) is 19.1. The fourth-order valence-corrected chi connectivity index (χ4v) is 5.17. The van der Waals surface area contributed by atoms with Crippen molar-refractivity contribution in [3.8, 4) is 17.1 Å². The molecule has 0 spiro atoms. The van der Waals surface area contributed by atoms with Crippen LogP contribution in [0.5, 0.6) is 5.75 Å². The van der Waals surface area contributed by atoms with Gasteiger partial charge in [-0.3, -0.25) is 9.69 Å². The van der Waals surface area contributed by atoms with Gasteiger partial charge in [0.15, 0.2) is 0 Å². The van der Waals surface area contributed by atoms with Crippen LogP contribution in [0.25, 0.3) is 21.5 Å². The Balaban J connectivity index is 1.40. The van der Waals surface area contributed by atoms with Crippen LogP contribution in [-0.4, -0.2) is 28.0 Å². The predicted molar refractivity (Wildman–Crippen MR) is 118 cm³/mol.